The van der Waals surface area contributed by atoms with Crippen LogP contribution in [0.5, 0.6) is 0 Å². The topological polar surface area (TPSA) is 59.1 Å². The van der Waals surface area contributed by atoms with E-state index in [-0.39, 0.29) is 5.92 Å². The van der Waals surface area contributed by atoms with Crippen molar-refractivity contribution in [1.82, 2.24) is 4.98 Å². The third-order valence-corrected chi connectivity index (χ3v) is 4.50. The first-order valence-electron chi connectivity index (χ1n) is 6.99. The SMILES string of the molecule is CC(C)C(CN)C(O)Cc1nc(-c2ccccc2)cs1. The molecule has 0 aliphatic heterocycles. The summed E-state index contributed by atoms with van der Waals surface area (Å²) in [7, 11) is 0. The summed E-state index contributed by atoms with van der Waals surface area (Å²) in [6, 6.07) is 10.1. The van der Waals surface area contributed by atoms with Crippen molar-refractivity contribution in [2.45, 2.75) is 26.4 Å². The number of benzene rings is 1. The van der Waals surface area contributed by atoms with E-state index < -0.39 is 6.10 Å². The van der Waals surface area contributed by atoms with Gasteiger partial charge in [-0.2, -0.15) is 0 Å². The molecular weight excluding hydrogens is 268 g/mol. The summed E-state index contributed by atoms with van der Waals surface area (Å²) >= 11 is 1.60. The Balaban J connectivity index is 2.06. The Hall–Kier alpha value is -1.23. The summed E-state index contributed by atoms with van der Waals surface area (Å²) in [6.07, 6.45) is 0.159. The molecule has 0 saturated carbocycles. The molecule has 108 valence electrons. The molecule has 0 bridgehead atoms. The predicted molar refractivity (Wildman–Crippen MR) is 84.6 cm³/mol. The van der Waals surface area contributed by atoms with Crippen molar-refractivity contribution in [3.8, 4) is 11.3 Å². The van der Waals surface area contributed by atoms with Crippen LogP contribution in [0.3, 0.4) is 0 Å². The molecule has 3 nitrogen and oxygen atoms in total. The Morgan fingerprint density at radius 3 is 2.55 bits per heavy atom. The van der Waals surface area contributed by atoms with E-state index in [4.69, 9.17) is 5.73 Å². The van der Waals surface area contributed by atoms with E-state index in [1.54, 1.807) is 11.3 Å². The Morgan fingerprint density at radius 2 is 1.95 bits per heavy atom. The molecule has 0 fully saturated rings. The lowest BCUT2D eigenvalue weighted by Gasteiger charge is -2.24. The number of hydrogen-bond acceptors (Lipinski definition) is 4. The van der Waals surface area contributed by atoms with Gasteiger partial charge in [0.2, 0.25) is 0 Å². The van der Waals surface area contributed by atoms with E-state index in [0.717, 1.165) is 16.3 Å². The quantitative estimate of drug-likeness (QED) is 0.860. The van der Waals surface area contributed by atoms with Crippen molar-refractivity contribution in [3.63, 3.8) is 0 Å². The molecule has 0 spiro atoms. The number of nitrogens with two attached hydrogens (primary N) is 1. The van der Waals surface area contributed by atoms with Gasteiger partial charge in [0.1, 0.15) is 0 Å². The first kappa shape index (κ1) is 15.2. The minimum atomic E-state index is -0.422. The summed E-state index contributed by atoms with van der Waals surface area (Å²) in [6.45, 7) is 4.70. The van der Waals surface area contributed by atoms with Crippen LogP contribution >= 0.6 is 11.3 Å². The average Bonchev–Trinajstić information content (AvgIpc) is 2.88. The fraction of sp³-hybridized carbons (Fsp3) is 0.438. The van der Waals surface area contributed by atoms with Crippen LogP contribution in [-0.4, -0.2) is 22.7 Å². The zero-order chi connectivity index (χ0) is 14.5. The van der Waals surface area contributed by atoms with Crippen molar-refractivity contribution < 1.29 is 5.11 Å². The van der Waals surface area contributed by atoms with Crippen molar-refractivity contribution in [2.75, 3.05) is 6.54 Å². The maximum absolute atomic E-state index is 10.3. The Morgan fingerprint density at radius 1 is 1.25 bits per heavy atom. The van der Waals surface area contributed by atoms with E-state index >= 15 is 0 Å². The number of nitrogens with zero attached hydrogens (tertiary/aromatic N) is 1. The summed E-state index contributed by atoms with van der Waals surface area (Å²) < 4.78 is 0. The first-order valence-corrected chi connectivity index (χ1v) is 7.87. The number of thiazole rings is 1. The van der Waals surface area contributed by atoms with Gasteiger partial charge in [0.05, 0.1) is 16.8 Å². The molecule has 4 heteroatoms. The molecule has 1 aromatic heterocycles. The van der Waals surface area contributed by atoms with Gasteiger partial charge in [-0.15, -0.1) is 11.3 Å². The minimum absolute atomic E-state index is 0.124. The smallest absolute Gasteiger partial charge is 0.0958 e. The monoisotopic (exact) mass is 290 g/mol. The predicted octanol–water partition coefficient (Wildman–Crippen LogP) is 2.94. The van der Waals surface area contributed by atoms with Crippen molar-refractivity contribution in [3.05, 3.63) is 40.7 Å². The summed E-state index contributed by atoms with van der Waals surface area (Å²) in [5, 5.41) is 13.3. The van der Waals surface area contributed by atoms with Gasteiger partial charge < -0.3 is 10.8 Å². The normalized spacial score (nSPS) is 14.4. The zero-order valence-electron chi connectivity index (χ0n) is 12.0. The number of hydrogen-bond donors (Lipinski definition) is 2. The molecular formula is C16H22N2OS. The third-order valence-electron chi connectivity index (χ3n) is 3.63. The highest BCUT2D eigenvalue weighted by Gasteiger charge is 2.22. The highest BCUT2D eigenvalue weighted by atomic mass is 32.1. The van der Waals surface area contributed by atoms with E-state index in [1.807, 2.05) is 35.7 Å². The molecule has 3 N–H and O–H groups in total. The number of aromatic nitrogens is 1. The van der Waals surface area contributed by atoms with Crippen LogP contribution in [0.25, 0.3) is 11.3 Å². The van der Waals surface area contributed by atoms with E-state index in [2.05, 4.69) is 18.8 Å². The standard InChI is InChI=1S/C16H22N2OS/c1-11(2)13(9-17)15(19)8-16-18-14(10-20-16)12-6-4-3-5-7-12/h3-7,10-11,13,15,19H,8-9,17H2,1-2H3. The van der Waals surface area contributed by atoms with Gasteiger partial charge in [0.15, 0.2) is 0 Å². The average molecular weight is 290 g/mol. The summed E-state index contributed by atoms with van der Waals surface area (Å²) in [4.78, 5) is 4.61. The molecule has 20 heavy (non-hydrogen) atoms. The fourth-order valence-electron chi connectivity index (χ4n) is 2.35. The maximum Gasteiger partial charge on any atom is 0.0958 e. The maximum atomic E-state index is 10.3. The fourth-order valence-corrected chi connectivity index (χ4v) is 3.20. The minimum Gasteiger partial charge on any atom is -0.392 e. The second-order valence-corrected chi connectivity index (χ2v) is 6.35. The van der Waals surface area contributed by atoms with Crippen molar-refractivity contribution in [1.29, 1.82) is 0 Å². The van der Waals surface area contributed by atoms with Crippen LogP contribution in [0.1, 0.15) is 18.9 Å². The van der Waals surface area contributed by atoms with Crippen LogP contribution < -0.4 is 5.73 Å². The second kappa shape index (κ2) is 6.97. The van der Waals surface area contributed by atoms with Gasteiger partial charge in [0, 0.05) is 17.4 Å². The highest BCUT2D eigenvalue weighted by Crippen LogP contribution is 2.24. The molecule has 2 rings (SSSR count). The molecule has 2 unspecified atom stereocenters. The van der Waals surface area contributed by atoms with Crippen molar-refractivity contribution in [2.24, 2.45) is 17.6 Å². The van der Waals surface area contributed by atoms with Crippen LogP contribution in [-0.2, 0) is 6.42 Å². The highest BCUT2D eigenvalue weighted by molar-refractivity contribution is 7.09. The van der Waals surface area contributed by atoms with Gasteiger partial charge in [0.25, 0.3) is 0 Å². The second-order valence-electron chi connectivity index (χ2n) is 5.41. The third kappa shape index (κ3) is 3.66. The molecule has 0 aliphatic carbocycles. The molecule has 0 saturated heterocycles. The lowest BCUT2D eigenvalue weighted by molar-refractivity contribution is 0.0863. The molecule has 1 aromatic carbocycles. The van der Waals surface area contributed by atoms with Crippen molar-refractivity contribution >= 4 is 11.3 Å². The molecule has 1 heterocycles. The van der Waals surface area contributed by atoms with Crippen LogP contribution in [0.2, 0.25) is 0 Å². The Kier molecular flexibility index (Phi) is 5.29. The van der Waals surface area contributed by atoms with Gasteiger partial charge in [-0.05, 0) is 18.4 Å². The van der Waals surface area contributed by atoms with E-state index in [9.17, 15) is 5.11 Å². The number of rotatable bonds is 6. The first-order chi connectivity index (χ1) is 9.61. The number of aliphatic hydroxyl groups is 1. The largest absolute Gasteiger partial charge is 0.392 e. The molecule has 0 amide bonds. The molecule has 0 aliphatic rings. The molecule has 2 aromatic rings. The van der Waals surface area contributed by atoms with Gasteiger partial charge in [-0.25, -0.2) is 4.98 Å². The van der Waals surface area contributed by atoms with Gasteiger partial charge in [-0.3, -0.25) is 0 Å². The Bertz CT molecular complexity index is 524. The van der Waals surface area contributed by atoms with E-state index in [1.165, 1.54) is 0 Å². The lowest BCUT2D eigenvalue weighted by atomic mass is 9.89. The van der Waals surface area contributed by atoms with Gasteiger partial charge in [-0.1, -0.05) is 44.2 Å². The van der Waals surface area contributed by atoms with Crippen LogP contribution in [0, 0.1) is 11.8 Å². The van der Waals surface area contributed by atoms with Gasteiger partial charge >= 0.3 is 0 Å². The number of aliphatic hydroxyl groups excluding tert-OH is 1. The summed E-state index contributed by atoms with van der Waals surface area (Å²) in [5.41, 5.74) is 7.84. The Labute approximate surface area is 124 Å². The van der Waals surface area contributed by atoms with Crippen LogP contribution in [0.15, 0.2) is 35.7 Å². The van der Waals surface area contributed by atoms with Crippen LogP contribution in [0.4, 0.5) is 0 Å². The summed E-state index contributed by atoms with van der Waals surface area (Å²) in [5.74, 6) is 0.502. The molecule has 2 atom stereocenters. The zero-order valence-corrected chi connectivity index (χ0v) is 12.8. The van der Waals surface area contributed by atoms with E-state index in [0.29, 0.717) is 18.9 Å². The molecule has 0 radical (unpaired) electrons. The lowest BCUT2D eigenvalue weighted by Crippen LogP contribution is -2.33.